The summed E-state index contributed by atoms with van der Waals surface area (Å²) in [6.45, 7) is 8.94. The molecule has 2 heterocycles. The lowest BCUT2D eigenvalue weighted by Gasteiger charge is -2.33. The highest BCUT2D eigenvalue weighted by atomic mass is 16.4. The SMILES string of the molecule is Cc1nnc(N2CCN(Cc3ccccc3C)CC2)o1. The minimum atomic E-state index is 0.627. The summed E-state index contributed by atoms with van der Waals surface area (Å²) in [4.78, 5) is 4.64. The van der Waals surface area contributed by atoms with Crippen LogP contribution in [-0.2, 0) is 6.54 Å². The molecule has 1 aromatic heterocycles. The molecule has 1 fully saturated rings. The first-order chi connectivity index (χ1) is 9.72. The minimum Gasteiger partial charge on any atom is -0.408 e. The molecule has 0 unspecified atom stereocenters. The van der Waals surface area contributed by atoms with Gasteiger partial charge in [-0.05, 0) is 18.1 Å². The summed E-state index contributed by atoms with van der Waals surface area (Å²) in [6, 6.07) is 9.24. The summed E-state index contributed by atoms with van der Waals surface area (Å²) in [5.41, 5.74) is 2.78. The van der Waals surface area contributed by atoms with Gasteiger partial charge in [-0.2, -0.15) is 0 Å². The van der Waals surface area contributed by atoms with Crippen LogP contribution in [0.5, 0.6) is 0 Å². The van der Waals surface area contributed by atoms with Gasteiger partial charge in [0.2, 0.25) is 5.89 Å². The molecular weight excluding hydrogens is 252 g/mol. The number of benzene rings is 1. The molecule has 1 saturated heterocycles. The maximum Gasteiger partial charge on any atom is 0.318 e. The van der Waals surface area contributed by atoms with Crippen LogP contribution in [0.4, 0.5) is 6.01 Å². The molecule has 5 nitrogen and oxygen atoms in total. The fraction of sp³-hybridized carbons (Fsp3) is 0.467. The normalized spacial score (nSPS) is 16.6. The molecule has 0 saturated carbocycles. The average molecular weight is 272 g/mol. The van der Waals surface area contributed by atoms with Crippen LogP contribution in [-0.4, -0.2) is 41.3 Å². The standard InChI is InChI=1S/C15H20N4O/c1-12-5-3-4-6-14(12)11-18-7-9-19(10-8-18)15-17-16-13(2)20-15/h3-6H,7-11H2,1-2H3. The second-order valence-corrected chi connectivity index (χ2v) is 5.29. The third-order valence-corrected chi connectivity index (χ3v) is 3.81. The zero-order valence-corrected chi connectivity index (χ0v) is 12.0. The van der Waals surface area contributed by atoms with Crippen molar-refractivity contribution in [1.82, 2.24) is 15.1 Å². The largest absolute Gasteiger partial charge is 0.408 e. The van der Waals surface area contributed by atoms with Crippen molar-refractivity contribution in [2.24, 2.45) is 0 Å². The first kappa shape index (κ1) is 13.1. The van der Waals surface area contributed by atoms with Crippen LogP contribution < -0.4 is 4.90 Å². The van der Waals surface area contributed by atoms with E-state index in [-0.39, 0.29) is 0 Å². The summed E-state index contributed by atoms with van der Waals surface area (Å²) >= 11 is 0. The van der Waals surface area contributed by atoms with E-state index >= 15 is 0 Å². The van der Waals surface area contributed by atoms with Crippen molar-refractivity contribution in [1.29, 1.82) is 0 Å². The number of nitrogens with zero attached hydrogens (tertiary/aromatic N) is 4. The van der Waals surface area contributed by atoms with Gasteiger partial charge in [-0.25, -0.2) is 0 Å². The highest BCUT2D eigenvalue weighted by molar-refractivity contribution is 5.27. The topological polar surface area (TPSA) is 45.4 Å². The van der Waals surface area contributed by atoms with Crippen molar-refractivity contribution in [3.63, 3.8) is 0 Å². The predicted molar refractivity (Wildman–Crippen MR) is 77.7 cm³/mol. The van der Waals surface area contributed by atoms with E-state index in [1.54, 1.807) is 0 Å². The summed E-state index contributed by atoms with van der Waals surface area (Å²) in [7, 11) is 0. The number of rotatable bonds is 3. The molecular formula is C15H20N4O. The van der Waals surface area contributed by atoms with Crippen molar-refractivity contribution >= 4 is 6.01 Å². The molecule has 1 aliphatic heterocycles. The van der Waals surface area contributed by atoms with E-state index < -0.39 is 0 Å². The molecule has 106 valence electrons. The van der Waals surface area contributed by atoms with Gasteiger partial charge in [0.25, 0.3) is 0 Å². The van der Waals surface area contributed by atoms with Gasteiger partial charge in [-0.15, -0.1) is 5.10 Å². The zero-order valence-electron chi connectivity index (χ0n) is 12.0. The lowest BCUT2D eigenvalue weighted by atomic mass is 10.1. The molecule has 0 aliphatic carbocycles. The Bertz CT molecular complexity index is 573. The molecule has 2 aromatic rings. The minimum absolute atomic E-state index is 0.627. The summed E-state index contributed by atoms with van der Waals surface area (Å²) in [5.74, 6) is 0.627. The molecule has 3 rings (SSSR count). The maximum atomic E-state index is 5.48. The molecule has 1 aliphatic rings. The molecule has 0 bridgehead atoms. The number of aryl methyl sites for hydroxylation is 2. The van der Waals surface area contributed by atoms with E-state index in [1.807, 2.05) is 6.92 Å². The van der Waals surface area contributed by atoms with Crippen LogP contribution in [0.1, 0.15) is 17.0 Å². The first-order valence-electron chi connectivity index (χ1n) is 7.04. The van der Waals surface area contributed by atoms with Crippen LogP contribution in [0.3, 0.4) is 0 Å². The predicted octanol–water partition coefficient (Wildman–Crippen LogP) is 2.01. The lowest BCUT2D eigenvalue weighted by molar-refractivity contribution is 0.244. The number of hydrogen-bond donors (Lipinski definition) is 0. The molecule has 0 spiro atoms. The number of anilines is 1. The van der Waals surface area contributed by atoms with E-state index in [0.717, 1.165) is 32.7 Å². The second-order valence-electron chi connectivity index (χ2n) is 5.29. The Morgan fingerprint density at radius 2 is 1.80 bits per heavy atom. The van der Waals surface area contributed by atoms with E-state index in [4.69, 9.17) is 4.42 Å². The van der Waals surface area contributed by atoms with E-state index in [2.05, 4.69) is 51.2 Å². The number of aromatic nitrogens is 2. The molecule has 5 heteroatoms. The van der Waals surface area contributed by atoms with Gasteiger partial charge in [0.1, 0.15) is 0 Å². The molecule has 0 amide bonds. The summed E-state index contributed by atoms with van der Waals surface area (Å²) in [6.07, 6.45) is 0. The van der Waals surface area contributed by atoms with Crippen molar-refractivity contribution in [3.05, 3.63) is 41.3 Å². The molecule has 20 heavy (non-hydrogen) atoms. The van der Waals surface area contributed by atoms with Gasteiger partial charge in [-0.3, -0.25) is 4.90 Å². The maximum absolute atomic E-state index is 5.48. The fourth-order valence-corrected chi connectivity index (χ4v) is 2.54. The van der Waals surface area contributed by atoms with E-state index in [0.29, 0.717) is 11.9 Å². The molecule has 1 aromatic carbocycles. The lowest BCUT2D eigenvalue weighted by Crippen LogP contribution is -2.46. The Balaban J connectivity index is 1.58. The average Bonchev–Trinajstić information content (AvgIpc) is 2.89. The zero-order chi connectivity index (χ0) is 13.9. The molecule has 0 radical (unpaired) electrons. The highest BCUT2D eigenvalue weighted by Crippen LogP contribution is 2.16. The van der Waals surface area contributed by atoms with Crippen molar-refractivity contribution in [3.8, 4) is 0 Å². The Morgan fingerprint density at radius 3 is 2.45 bits per heavy atom. The van der Waals surface area contributed by atoms with Crippen LogP contribution in [0.15, 0.2) is 28.7 Å². The smallest absolute Gasteiger partial charge is 0.318 e. The van der Waals surface area contributed by atoms with Crippen molar-refractivity contribution in [2.45, 2.75) is 20.4 Å². The van der Waals surface area contributed by atoms with E-state index in [9.17, 15) is 0 Å². The van der Waals surface area contributed by atoms with Gasteiger partial charge >= 0.3 is 6.01 Å². The number of hydrogen-bond acceptors (Lipinski definition) is 5. The quantitative estimate of drug-likeness (QED) is 0.855. The number of piperazine rings is 1. The van der Waals surface area contributed by atoms with Gasteiger partial charge in [-0.1, -0.05) is 29.4 Å². The second kappa shape index (κ2) is 5.63. The van der Waals surface area contributed by atoms with Crippen molar-refractivity contribution < 1.29 is 4.42 Å². The monoisotopic (exact) mass is 272 g/mol. The van der Waals surface area contributed by atoms with Crippen LogP contribution in [0.2, 0.25) is 0 Å². The van der Waals surface area contributed by atoms with Gasteiger partial charge in [0, 0.05) is 39.6 Å². The third kappa shape index (κ3) is 2.82. The van der Waals surface area contributed by atoms with Crippen LogP contribution >= 0.6 is 0 Å². The first-order valence-corrected chi connectivity index (χ1v) is 7.04. The molecule has 0 N–H and O–H groups in total. The Morgan fingerprint density at radius 1 is 1.05 bits per heavy atom. The summed E-state index contributed by atoms with van der Waals surface area (Å²) in [5, 5.41) is 7.97. The Hall–Kier alpha value is -1.88. The highest BCUT2D eigenvalue weighted by Gasteiger charge is 2.21. The summed E-state index contributed by atoms with van der Waals surface area (Å²) < 4.78 is 5.48. The Labute approximate surface area is 119 Å². The fourth-order valence-electron chi connectivity index (χ4n) is 2.54. The van der Waals surface area contributed by atoms with Crippen LogP contribution in [0, 0.1) is 13.8 Å². The Kier molecular flexibility index (Phi) is 3.69. The van der Waals surface area contributed by atoms with Crippen LogP contribution in [0.25, 0.3) is 0 Å². The van der Waals surface area contributed by atoms with Gasteiger partial charge in [0.05, 0.1) is 0 Å². The molecule has 0 atom stereocenters. The van der Waals surface area contributed by atoms with Gasteiger partial charge in [0.15, 0.2) is 0 Å². The third-order valence-electron chi connectivity index (χ3n) is 3.81. The van der Waals surface area contributed by atoms with E-state index in [1.165, 1.54) is 11.1 Å². The van der Waals surface area contributed by atoms with Gasteiger partial charge < -0.3 is 9.32 Å². The van der Waals surface area contributed by atoms with Crippen molar-refractivity contribution in [2.75, 3.05) is 31.1 Å².